The number of amides is 1. The lowest BCUT2D eigenvalue weighted by Gasteiger charge is -2.11. The molecule has 0 saturated carbocycles. The van der Waals surface area contributed by atoms with Crippen molar-refractivity contribution in [3.63, 3.8) is 0 Å². The van der Waals surface area contributed by atoms with Crippen LogP contribution >= 0.6 is 0 Å². The zero-order valence-corrected chi connectivity index (χ0v) is 11.1. The average molecular weight is 271 g/mol. The average Bonchev–Trinajstić information content (AvgIpc) is 2.47. The molecule has 0 heterocycles. The van der Waals surface area contributed by atoms with Gasteiger partial charge in [-0.2, -0.15) is 0 Å². The minimum Gasteiger partial charge on any atom is -0.489 e. The molecule has 0 saturated heterocycles. The second-order valence-corrected chi connectivity index (χ2v) is 4.43. The van der Waals surface area contributed by atoms with Crippen LogP contribution in [-0.4, -0.2) is 17.6 Å². The van der Waals surface area contributed by atoms with E-state index in [1.807, 2.05) is 30.3 Å². The molecule has 2 aromatic rings. The number of aliphatic hydroxyl groups excluding tert-OH is 1. The van der Waals surface area contributed by atoms with Crippen LogP contribution in [0.25, 0.3) is 0 Å². The molecule has 0 fully saturated rings. The third-order valence-electron chi connectivity index (χ3n) is 2.96. The van der Waals surface area contributed by atoms with Crippen LogP contribution in [0.1, 0.15) is 21.5 Å². The van der Waals surface area contributed by atoms with E-state index >= 15 is 0 Å². The first-order valence-electron chi connectivity index (χ1n) is 6.41. The number of aliphatic hydroxyl groups is 1. The molecule has 0 unspecified atom stereocenters. The third kappa shape index (κ3) is 3.59. The predicted molar refractivity (Wildman–Crippen MR) is 76.5 cm³/mol. The Balaban J connectivity index is 2.09. The summed E-state index contributed by atoms with van der Waals surface area (Å²) in [5.41, 5.74) is 7.55. The van der Waals surface area contributed by atoms with Crippen molar-refractivity contribution in [3.05, 3.63) is 65.2 Å². The lowest BCUT2D eigenvalue weighted by Crippen LogP contribution is -2.11. The molecule has 3 N–H and O–H groups in total. The summed E-state index contributed by atoms with van der Waals surface area (Å²) >= 11 is 0. The lowest BCUT2D eigenvalue weighted by atomic mass is 10.1. The molecule has 0 bridgehead atoms. The fourth-order valence-corrected chi connectivity index (χ4v) is 1.95. The van der Waals surface area contributed by atoms with Crippen LogP contribution in [0.5, 0.6) is 5.75 Å². The first kappa shape index (κ1) is 14.1. The Bertz CT molecular complexity index is 596. The van der Waals surface area contributed by atoms with E-state index in [2.05, 4.69) is 0 Å². The van der Waals surface area contributed by atoms with Crippen molar-refractivity contribution in [2.45, 2.75) is 13.0 Å². The molecule has 2 aromatic carbocycles. The van der Waals surface area contributed by atoms with Gasteiger partial charge in [0.15, 0.2) is 0 Å². The first-order chi connectivity index (χ1) is 9.70. The van der Waals surface area contributed by atoms with Gasteiger partial charge in [-0.25, -0.2) is 0 Å². The van der Waals surface area contributed by atoms with Crippen molar-refractivity contribution in [2.75, 3.05) is 6.61 Å². The number of rotatable bonds is 6. The largest absolute Gasteiger partial charge is 0.489 e. The summed E-state index contributed by atoms with van der Waals surface area (Å²) in [6, 6.07) is 14.6. The van der Waals surface area contributed by atoms with Gasteiger partial charge in [0.05, 0.1) is 0 Å². The number of carbonyl (C=O) groups excluding carboxylic acids is 1. The third-order valence-corrected chi connectivity index (χ3v) is 2.96. The van der Waals surface area contributed by atoms with Gasteiger partial charge < -0.3 is 15.6 Å². The molecule has 0 aliphatic heterocycles. The Hall–Kier alpha value is -2.33. The van der Waals surface area contributed by atoms with Crippen LogP contribution in [0, 0.1) is 0 Å². The maximum Gasteiger partial charge on any atom is 0.248 e. The van der Waals surface area contributed by atoms with Crippen LogP contribution in [0.2, 0.25) is 0 Å². The highest BCUT2D eigenvalue weighted by Crippen LogP contribution is 2.20. The summed E-state index contributed by atoms with van der Waals surface area (Å²) in [4.78, 5) is 11.1. The van der Waals surface area contributed by atoms with Crippen LogP contribution in [0.15, 0.2) is 48.5 Å². The number of para-hydroxylation sites is 1. The zero-order valence-electron chi connectivity index (χ0n) is 11.1. The number of benzene rings is 2. The number of ether oxygens (including phenoxy) is 1. The number of hydrogen-bond acceptors (Lipinski definition) is 3. The van der Waals surface area contributed by atoms with Crippen LogP contribution in [-0.2, 0) is 13.0 Å². The molecule has 0 aromatic heterocycles. The fraction of sp³-hybridized carbons (Fsp3) is 0.188. The molecule has 0 atom stereocenters. The fourth-order valence-electron chi connectivity index (χ4n) is 1.95. The van der Waals surface area contributed by atoms with Gasteiger partial charge in [0.25, 0.3) is 0 Å². The lowest BCUT2D eigenvalue weighted by molar-refractivity contribution is 0.1000. The highest BCUT2D eigenvalue weighted by atomic mass is 16.5. The molecular formula is C16H17NO3. The van der Waals surface area contributed by atoms with Crippen molar-refractivity contribution in [1.29, 1.82) is 0 Å². The van der Waals surface area contributed by atoms with E-state index in [4.69, 9.17) is 15.6 Å². The van der Waals surface area contributed by atoms with Crippen molar-refractivity contribution < 1.29 is 14.6 Å². The van der Waals surface area contributed by atoms with E-state index < -0.39 is 5.91 Å². The van der Waals surface area contributed by atoms with Gasteiger partial charge in [0.2, 0.25) is 5.91 Å². The van der Waals surface area contributed by atoms with Gasteiger partial charge in [-0.1, -0.05) is 30.3 Å². The van der Waals surface area contributed by atoms with E-state index in [-0.39, 0.29) is 6.61 Å². The highest BCUT2D eigenvalue weighted by molar-refractivity contribution is 5.92. The maximum absolute atomic E-state index is 11.1. The van der Waals surface area contributed by atoms with Crippen molar-refractivity contribution in [1.82, 2.24) is 0 Å². The smallest absolute Gasteiger partial charge is 0.248 e. The number of hydrogen-bond donors (Lipinski definition) is 2. The van der Waals surface area contributed by atoms with Gasteiger partial charge in [-0.15, -0.1) is 0 Å². The summed E-state index contributed by atoms with van der Waals surface area (Å²) < 4.78 is 5.75. The van der Waals surface area contributed by atoms with Gasteiger partial charge >= 0.3 is 0 Å². The quantitative estimate of drug-likeness (QED) is 0.842. The van der Waals surface area contributed by atoms with E-state index in [0.717, 1.165) is 16.9 Å². The molecule has 2 rings (SSSR count). The summed E-state index contributed by atoms with van der Waals surface area (Å²) in [6.45, 7) is 0.432. The van der Waals surface area contributed by atoms with Gasteiger partial charge in [-0.05, 0) is 35.7 Å². The number of carbonyl (C=O) groups is 1. The van der Waals surface area contributed by atoms with E-state index in [1.165, 1.54) is 0 Å². The summed E-state index contributed by atoms with van der Waals surface area (Å²) in [6.07, 6.45) is 0.553. The predicted octanol–water partition coefficient (Wildman–Crippen LogP) is 1.90. The summed E-state index contributed by atoms with van der Waals surface area (Å²) in [5, 5.41) is 9.02. The van der Waals surface area contributed by atoms with Gasteiger partial charge in [-0.3, -0.25) is 4.79 Å². The van der Waals surface area contributed by atoms with Crippen LogP contribution < -0.4 is 10.5 Å². The van der Waals surface area contributed by atoms with Crippen LogP contribution in [0.3, 0.4) is 0 Å². The second-order valence-electron chi connectivity index (χ2n) is 4.43. The van der Waals surface area contributed by atoms with E-state index in [1.54, 1.807) is 18.2 Å². The standard InChI is InChI=1S/C16H17NO3/c17-16(19)14-6-3-4-12(10-14)11-20-15-7-2-1-5-13(15)8-9-18/h1-7,10,18H,8-9,11H2,(H2,17,19). The summed E-state index contributed by atoms with van der Waals surface area (Å²) in [5.74, 6) is 0.290. The van der Waals surface area contributed by atoms with Gasteiger partial charge in [0.1, 0.15) is 12.4 Å². The normalized spacial score (nSPS) is 10.2. The molecule has 20 heavy (non-hydrogen) atoms. The molecule has 4 nitrogen and oxygen atoms in total. The van der Waals surface area contributed by atoms with Crippen LogP contribution in [0.4, 0.5) is 0 Å². The first-order valence-corrected chi connectivity index (χ1v) is 6.41. The maximum atomic E-state index is 11.1. The molecule has 0 radical (unpaired) electrons. The minimum atomic E-state index is -0.451. The SMILES string of the molecule is NC(=O)c1cccc(COc2ccccc2CCO)c1. The second kappa shape index (κ2) is 6.73. The van der Waals surface area contributed by atoms with E-state index in [0.29, 0.717) is 18.6 Å². The molecule has 0 aliphatic rings. The Morgan fingerprint density at radius 3 is 2.70 bits per heavy atom. The van der Waals surface area contributed by atoms with Crippen molar-refractivity contribution >= 4 is 5.91 Å². The molecule has 0 aliphatic carbocycles. The van der Waals surface area contributed by atoms with Crippen molar-refractivity contribution in [3.8, 4) is 5.75 Å². The Labute approximate surface area is 117 Å². The Kier molecular flexibility index (Phi) is 4.74. The molecule has 1 amide bonds. The Morgan fingerprint density at radius 1 is 1.15 bits per heavy atom. The minimum absolute atomic E-state index is 0.0809. The summed E-state index contributed by atoms with van der Waals surface area (Å²) in [7, 11) is 0. The number of nitrogens with two attached hydrogens (primary N) is 1. The zero-order chi connectivity index (χ0) is 14.4. The van der Waals surface area contributed by atoms with E-state index in [9.17, 15) is 4.79 Å². The molecule has 104 valence electrons. The van der Waals surface area contributed by atoms with Crippen molar-refractivity contribution in [2.24, 2.45) is 5.73 Å². The molecular weight excluding hydrogens is 254 g/mol. The van der Waals surface area contributed by atoms with Gasteiger partial charge in [0, 0.05) is 12.2 Å². The number of primary amides is 1. The molecule has 4 heteroatoms. The highest BCUT2D eigenvalue weighted by Gasteiger charge is 2.05. The topological polar surface area (TPSA) is 72.6 Å². The monoisotopic (exact) mass is 271 g/mol. The Morgan fingerprint density at radius 2 is 1.95 bits per heavy atom. The molecule has 0 spiro atoms.